The zero-order valence-corrected chi connectivity index (χ0v) is 38.9. The van der Waals surface area contributed by atoms with Crippen molar-refractivity contribution in [3.8, 4) is 0 Å². The number of rotatable bonds is 9. The van der Waals surface area contributed by atoms with Crippen molar-refractivity contribution in [2.24, 2.45) is 0 Å². The number of amides is 4. The molecule has 8 rings (SSSR count). The smallest absolute Gasteiger partial charge is 0.411 e. The maximum Gasteiger partial charge on any atom is 0.411 e. The molecule has 15 nitrogen and oxygen atoms in total. The predicted octanol–water partition coefficient (Wildman–Crippen LogP) is 9.95. The molecule has 4 atom stereocenters. The van der Waals surface area contributed by atoms with E-state index in [1.54, 1.807) is 37.5 Å². The highest BCUT2D eigenvalue weighted by atomic mass is 16.4. The van der Waals surface area contributed by atoms with Crippen LogP contribution >= 0.6 is 0 Å². The number of likely N-dealkylation sites (tertiary alicyclic amines) is 2. The molecule has 0 saturated carbocycles. The van der Waals surface area contributed by atoms with Crippen LogP contribution in [0.15, 0.2) is 83.2 Å². The van der Waals surface area contributed by atoms with Crippen molar-refractivity contribution in [3.63, 3.8) is 0 Å². The number of H-pyrrole nitrogens is 2. The van der Waals surface area contributed by atoms with Crippen LogP contribution in [0.5, 0.6) is 0 Å². The highest BCUT2D eigenvalue weighted by Crippen LogP contribution is 2.48. The molecule has 3 fully saturated rings. The Labute approximate surface area is 379 Å². The van der Waals surface area contributed by atoms with Gasteiger partial charge in [0, 0.05) is 32.9 Å². The van der Waals surface area contributed by atoms with E-state index in [-0.39, 0.29) is 52.8 Å². The Hall–Kier alpha value is -6.64. The molecule has 0 unspecified atom stereocenters. The molecule has 4 amide bonds. The van der Waals surface area contributed by atoms with Crippen LogP contribution in [-0.4, -0.2) is 101 Å². The first-order valence-electron chi connectivity index (χ1n) is 22.6. The Bertz CT molecular complexity index is 2580. The Morgan fingerprint density at radius 3 is 1.40 bits per heavy atom. The molecule has 15 heteroatoms. The average Bonchev–Trinajstić information content (AvgIpc) is 4.11. The number of hydrogen-bond acceptors (Lipinski definition) is 7. The van der Waals surface area contributed by atoms with Gasteiger partial charge in [0.25, 0.3) is 11.8 Å². The maximum atomic E-state index is 13.9. The summed E-state index contributed by atoms with van der Waals surface area (Å²) in [5.74, 6) is 0.745. The number of anilines is 1. The second-order valence-electron chi connectivity index (χ2n) is 19.3. The molecule has 0 radical (unpaired) electrons. The highest BCUT2D eigenvalue weighted by Gasteiger charge is 2.40. The highest BCUT2D eigenvalue weighted by molar-refractivity contribution is 5.98. The fourth-order valence-electron chi connectivity index (χ4n) is 10.2. The van der Waals surface area contributed by atoms with Crippen molar-refractivity contribution in [2.75, 3.05) is 32.1 Å². The quantitative estimate of drug-likeness (QED) is 0.105. The topological polar surface area (TPSA) is 182 Å². The summed E-state index contributed by atoms with van der Waals surface area (Å²) in [7, 11) is 2.81. The summed E-state index contributed by atoms with van der Waals surface area (Å²) in [5.41, 5.74) is 9.57. The molecule has 3 saturated heterocycles. The van der Waals surface area contributed by atoms with E-state index in [1.807, 2.05) is 0 Å². The van der Waals surface area contributed by atoms with Gasteiger partial charge < -0.3 is 34.9 Å². The van der Waals surface area contributed by atoms with Gasteiger partial charge in [-0.15, -0.1) is 0 Å². The van der Waals surface area contributed by atoms with Gasteiger partial charge in [-0.3, -0.25) is 19.4 Å². The van der Waals surface area contributed by atoms with Crippen LogP contribution < -0.4 is 4.90 Å². The second-order valence-corrected chi connectivity index (χ2v) is 19.3. The lowest BCUT2D eigenvalue weighted by Crippen LogP contribution is -2.39. The van der Waals surface area contributed by atoms with Gasteiger partial charge in [0.2, 0.25) is 0 Å². The van der Waals surface area contributed by atoms with E-state index in [1.165, 1.54) is 19.7 Å². The third kappa shape index (κ3) is 8.44. The van der Waals surface area contributed by atoms with Gasteiger partial charge >= 0.3 is 12.2 Å². The molecule has 5 aromatic rings. The van der Waals surface area contributed by atoms with Crippen LogP contribution in [0.3, 0.4) is 0 Å². The molecule has 3 aromatic carbocycles. The van der Waals surface area contributed by atoms with Crippen molar-refractivity contribution in [1.82, 2.24) is 39.5 Å². The van der Waals surface area contributed by atoms with Crippen molar-refractivity contribution in [3.05, 3.63) is 112 Å². The minimum Gasteiger partial charge on any atom is -0.465 e. The molecule has 3 aliphatic heterocycles. The lowest BCUT2D eigenvalue weighted by Gasteiger charge is -2.34. The number of likely N-dealkylation sites (N-methyl/N-ethyl adjacent to an activating group) is 2. The number of aromatic nitrogens is 4. The van der Waals surface area contributed by atoms with E-state index < -0.39 is 12.2 Å². The zero-order valence-electron chi connectivity index (χ0n) is 38.9. The zero-order chi connectivity index (χ0) is 46.6. The number of fused-ring (bicyclic) bond motifs is 2. The summed E-state index contributed by atoms with van der Waals surface area (Å²) in [6.07, 6.45) is 2.41. The van der Waals surface area contributed by atoms with E-state index in [2.05, 4.69) is 96.3 Å². The number of nitrogens with one attached hydrogen (secondary N) is 2. The average molecular weight is 884 g/mol. The molecule has 5 heterocycles. The fraction of sp³-hybridized carbons (Fsp3) is 0.440. The number of imidazole rings is 2. The second kappa shape index (κ2) is 17.4. The Morgan fingerprint density at radius 1 is 0.615 bits per heavy atom. The van der Waals surface area contributed by atoms with Gasteiger partial charge in [-0.1, -0.05) is 45.0 Å². The first-order valence-corrected chi connectivity index (χ1v) is 22.6. The van der Waals surface area contributed by atoms with Gasteiger partial charge in [-0.25, -0.2) is 19.6 Å². The monoisotopic (exact) mass is 883 g/mol. The largest absolute Gasteiger partial charge is 0.465 e. The summed E-state index contributed by atoms with van der Waals surface area (Å²) in [5, 5.41) is 19.5. The van der Waals surface area contributed by atoms with Gasteiger partial charge in [-0.2, -0.15) is 0 Å². The Balaban J connectivity index is 1.11. The summed E-state index contributed by atoms with van der Waals surface area (Å²) in [4.78, 5) is 76.8. The number of aromatic amines is 2. The fourth-order valence-corrected chi connectivity index (χ4v) is 10.2. The number of carbonyl (C=O) groups excluding carboxylic acids is 2. The Kier molecular flexibility index (Phi) is 12.0. The number of benzene rings is 3. The van der Waals surface area contributed by atoms with Crippen LogP contribution in [-0.2, 0) is 15.0 Å². The Morgan fingerprint density at radius 2 is 1.03 bits per heavy atom. The standard InChI is InChI=1S/C50H61N9O6/c1-28(2)42(55(8)48(62)63)46(60)57-24-10-12-40(57)44-51-34-20-14-30(26-36(34)53-44)38-22-23-39(59(38)33-18-16-32(17-19-33)50(5,6)7)31-15-21-35-37(27-31)54-45(52-35)41-13-11-25-58(41)47(61)43(29(3)4)56(9)49(64)65/h14-21,26-27,38-41H,10-13,22-25H2,1-9H3,(H,51,53)(H,52,54)(H,62,63)(H,64,65)/t38-,39-,40-,41-/m0/s1. The van der Waals surface area contributed by atoms with Gasteiger partial charge in [0.1, 0.15) is 23.0 Å². The van der Waals surface area contributed by atoms with E-state index in [4.69, 9.17) is 9.97 Å². The van der Waals surface area contributed by atoms with E-state index in [9.17, 15) is 29.4 Å². The summed E-state index contributed by atoms with van der Waals surface area (Å²) < 4.78 is 0. The summed E-state index contributed by atoms with van der Waals surface area (Å²) in [6.45, 7) is 14.7. The lowest BCUT2D eigenvalue weighted by atomic mass is 9.87. The SMILES string of the molecule is CC(C)=C(C(=O)N1CCC[C@H]1c1nc2cc([C@@H]3CC[C@@H](c4ccc5[nH]c([C@@H]6CCCN6C(=O)C(=C(C)C)N(C)C(=O)O)nc5c4)N3c3ccc(C(C)(C)C)cc3)ccc2[nH]1)N(C)C(=O)O. The van der Waals surface area contributed by atoms with Crippen LogP contribution in [0, 0.1) is 0 Å². The van der Waals surface area contributed by atoms with Crippen molar-refractivity contribution < 1.29 is 29.4 Å². The number of allylic oxidation sites excluding steroid dienone is 2. The number of nitrogens with zero attached hydrogens (tertiary/aromatic N) is 7. The molecular formula is C50H61N9O6. The van der Waals surface area contributed by atoms with Gasteiger partial charge in [0.15, 0.2) is 0 Å². The van der Waals surface area contributed by atoms with Crippen LogP contribution in [0.25, 0.3) is 22.1 Å². The van der Waals surface area contributed by atoms with E-state index >= 15 is 0 Å². The molecule has 65 heavy (non-hydrogen) atoms. The number of carbonyl (C=O) groups is 4. The molecule has 342 valence electrons. The number of carboxylic acid groups (broad SMARTS) is 2. The summed E-state index contributed by atoms with van der Waals surface area (Å²) in [6, 6.07) is 21.1. The van der Waals surface area contributed by atoms with Crippen LogP contribution in [0.1, 0.15) is 139 Å². The van der Waals surface area contributed by atoms with Gasteiger partial charge in [0.05, 0.1) is 46.2 Å². The molecule has 2 aromatic heterocycles. The van der Waals surface area contributed by atoms with Crippen molar-refractivity contribution in [2.45, 2.75) is 117 Å². The lowest BCUT2D eigenvalue weighted by molar-refractivity contribution is -0.130. The van der Waals surface area contributed by atoms with Crippen molar-refractivity contribution >= 4 is 51.8 Å². The molecule has 0 bridgehead atoms. The third-order valence-corrected chi connectivity index (χ3v) is 13.5. The van der Waals surface area contributed by atoms with E-state index in [0.717, 1.165) is 74.4 Å². The maximum absolute atomic E-state index is 13.9. The molecule has 0 aliphatic carbocycles. The van der Waals surface area contributed by atoms with Gasteiger partial charge in [-0.05, 0) is 136 Å². The number of hydrogen-bond donors (Lipinski definition) is 4. The normalized spacial score (nSPS) is 19.9. The van der Waals surface area contributed by atoms with Crippen molar-refractivity contribution in [1.29, 1.82) is 0 Å². The van der Waals surface area contributed by atoms with Crippen LogP contribution in [0.4, 0.5) is 15.3 Å². The van der Waals surface area contributed by atoms with Crippen LogP contribution in [0.2, 0.25) is 0 Å². The molecule has 0 spiro atoms. The van der Waals surface area contributed by atoms with E-state index in [0.29, 0.717) is 48.7 Å². The molecule has 4 N–H and O–H groups in total. The minimum absolute atomic E-state index is 0.00837. The minimum atomic E-state index is -1.19. The predicted molar refractivity (Wildman–Crippen MR) is 250 cm³/mol. The first kappa shape index (κ1) is 44.9. The first-order chi connectivity index (χ1) is 30.8. The molecule has 3 aliphatic rings. The third-order valence-electron chi connectivity index (χ3n) is 13.5. The summed E-state index contributed by atoms with van der Waals surface area (Å²) >= 11 is 0. The molecular weight excluding hydrogens is 823 g/mol.